The molecule has 1 heterocycles. The highest BCUT2D eigenvalue weighted by molar-refractivity contribution is 6.42. The van der Waals surface area contributed by atoms with Crippen LogP contribution in [0, 0.1) is 13.8 Å². The van der Waals surface area contributed by atoms with Gasteiger partial charge in [0.1, 0.15) is 13.2 Å². The van der Waals surface area contributed by atoms with Crippen LogP contribution in [0.2, 0.25) is 10.0 Å². The van der Waals surface area contributed by atoms with Crippen LogP contribution in [0.1, 0.15) is 22.5 Å². The molecule has 0 aliphatic carbocycles. The van der Waals surface area contributed by atoms with Gasteiger partial charge in [0.15, 0.2) is 11.5 Å². The van der Waals surface area contributed by atoms with E-state index >= 15 is 0 Å². The quantitative estimate of drug-likeness (QED) is 0.395. The zero-order valence-corrected chi connectivity index (χ0v) is 18.9. The van der Waals surface area contributed by atoms with Gasteiger partial charge in [0, 0.05) is 5.69 Å². The Balaban J connectivity index is 1.59. The van der Waals surface area contributed by atoms with Gasteiger partial charge in [-0.05, 0) is 61.4 Å². The van der Waals surface area contributed by atoms with Gasteiger partial charge in [-0.25, -0.2) is 5.43 Å². The molecule has 3 aromatic rings. The van der Waals surface area contributed by atoms with Crippen LogP contribution in [0.5, 0.6) is 11.5 Å². The maximum absolute atomic E-state index is 12.1. The highest BCUT2D eigenvalue weighted by atomic mass is 35.5. The summed E-state index contributed by atoms with van der Waals surface area (Å²) in [5.41, 5.74) is 5.90. The fraction of sp³-hybridized carbons (Fsp3) is 0.227. The van der Waals surface area contributed by atoms with Crippen LogP contribution in [-0.2, 0) is 17.9 Å². The van der Waals surface area contributed by atoms with Crippen molar-refractivity contribution in [3.8, 4) is 11.5 Å². The molecule has 0 fully saturated rings. The normalized spacial score (nSPS) is 11.0. The van der Waals surface area contributed by atoms with Gasteiger partial charge in [0.05, 0.1) is 29.1 Å². The van der Waals surface area contributed by atoms with Gasteiger partial charge < -0.3 is 9.47 Å². The molecule has 2 aromatic carbocycles. The Morgan fingerprint density at radius 1 is 1.13 bits per heavy atom. The first-order chi connectivity index (χ1) is 14.9. The van der Waals surface area contributed by atoms with Crippen LogP contribution in [-0.4, -0.2) is 29.0 Å². The number of methoxy groups -OCH3 is 1. The van der Waals surface area contributed by atoms with Crippen molar-refractivity contribution in [3.63, 3.8) is 0 Å². The number of hydrogen-bond acceptors (Lipinski definition) is 5. The molecule has 0 bridgehead atoms. The molecule has 31 heavy (non-hydrogen) atoms. The number of carbonyl (C=O) groups excluding carboxylic acids is 1. The summed E-state index contributed by atoms with van der Waals surface area (Å²) >= 11 is 12.0. The average Bonchev–Trinajstić information content (AvgIpc) is 3.05. The summed E-state index contributed by atoms with van der Waals surface area (Å²) in [4.78, 5) is 12.1. The lowest BCUT2D eigenvalue weighted by Crippen LogP contribution is -2.24. The predicted molar refractivity (Wildman–Crippen MR) is 121 cm³/mol. The van der Waals surface area contributed by atoms with E-state index in [9.17, 15) is 4.79 Å². The van der Waals surface area contributed by atoms with E-state index in [4.69, 9.17) is 32.7 Å². The predicted octanol–water partition coefficient (Wildman–Crippen LogP) is 4.54. The standard InChI is InChI=1S/C22H22Cl2N4O3/c1-14-8-15(2)28(27-14)12-22(29)26-25-11-16-5-7-20(21(10-16)30-3)31-13-17-4-6-18(23)19(24)9-17/h4-11H,12-13H2,1-3H3,(H,26,29). The van der Waals surface area contributed by atoms with Gasteiger partial charge in [0.2, 0.25) is 0 Å². The number of amides is 1. The molecule has 0 aliphatic rings. The Hall–Kier alpha value is -3.03. The van der Waals surface area contributed by atoms with Crippen molar-refractivity contribution in [2.75, 3.05) is 7.11 Å². The van der Waals surface area contributed by atoms with Crippen LogP contribution >= 0.6 is 23.2 Å². The van der Waals surface area contributed by atoms with E-state index in [-0.39, 0.29) is 12.5 Å². The van der Waals surface area contributed by atoms with Crippen molar-refractivity contribution >= 4 is 35.3 Å². The van der Waals surface area contributed by atoms with E-state index in [0.717, 1.165) is 22.5 Å². The first-order valence-corrected chi connectivity index (χ1v) is 10.2. The summed E-state index contributed by atoms with van der Waals surface area (Å²) in [5, 5.41) is 9.23. The number of aromatic nitrogens is 2. The van der Waals surface area contributed by atoms with Crippen molar-refractivity contribution in [2.45, 2.75) is 27.0 Å². The fourth-order valence-electron chi connectivity index (χ4n) is 2.86. The molecule has 0 unspecified atom stereocenters. The van der Waals surface area contributed by atoms with E-state index < -0.39 is 0 Å². The zero-order valence-electron chi connectivity index (χ0n) is 17.4. The second kappa shape index (κ2) is 10.3. The number of nitrogens with zero attached hydrogens (tertiary/aromatic N) is 3. The maximum Gasteiger partial charge on any atom is 0.261 e. The molecule has 7 nitrogen and oxygen atoms in total. The summed E-state index contributed by atoms with van der Waals surface area (Å²) in [5.74, 6) is 0.841. The van der Waals surface area contributed by atoms with Gasteiger partial charge >= 0.3 is 0 Å². The SMILES string of the molecule is COc1cc(C=NNC(=O)Cn2nc(C)cc2C)ccc1OCc1ccc(Cl)c(Cl)c1. The van der Waals surface area contributed by atoms with E-state index in [1.807, 2.05) is 32.0 Å². The summed E-state index contributed by atoms with van der Waals surface area (Å²) in [6.45, 7) is 4.18. The molecular formula is C22H22Cl2N4O3. The smallest absolute Gasteiger partial charge is 0.261 e. The average molecular weight is 461 g/mol. The molecular weight excluding hydrogens is 439 g/mol. The number of ether oxygens (including phenoxy) is 2. The molecule has 1 N–H and O–H groups in total. The van der Waals surface area contributed by atoms with Crippen LogP contribution in [0.3, 0.4) is 0 Å². The molecule has 0 saturated heterocycles. The number of aryl methyl sites for hydroxylation is 2. The number of hydrogen-bond donors (Lipinski definition) is 1. The topological polar surface area (TPSA) is 77.7 Å². The maximum atomic E-state index is 12.1. The summed E-state index contributed by atoms with van der Waals surface area (Å²) < 4.78 is 12.9. The monoisotopic (exact) mass is 460 g/mol. The van der Waals surface area contributed by atoms with E-state index in [0.29, 0.717) is 28.2 Å². The molecule has 9 heteroatoms. The number of carbonyl (C=O) groups is 1. The molecule has 0 spiro atoms. The minimum absolute atomic E-state index is 0.0990. The fourth-order valence-corrected chi connectivity index (χ4v) is 3.18. The Morgan fingerprint density at radius 3 is 2.61 bits per heavy atom. The molecule has 3 rings (SSSR count). The lowest BCUT2D eigenvalue weighted by Gasteiger charge is -2.11. The Morgan fingerprint density at radius 2 is 1.94 bits per heavy atom. The molecule has 0 atom stereocenters. The number of rotatable bonds is 8. The van der Waals surface area contributed by atoms with Crippen LogP contribution in [0.25, 0.3) is 0 Å². The van der Waals surface area contributed by atoms with Crippen LogP contribution < -0.4 is 14.9 Å². The van der Waals surface area contributed by atoms with Crippen molar-refractivity contribution in [1.29, 1.82) is 0 Å². The number of hydrazone groups is 1. The first kappa shape index (κ1) is 22.7. The van der Waals surface area contributed by atoms with Crippen molar-refractivity contribution < 1.29 is 14.3 Å². The third kappa shape index (κ3) is 6.23. The molecule has 1 amide bonds. The zero-order chi connectivity index (χ0) is 22.4. The van der Waals surface area contributed by atoms with Crippen molar-refractivity contribution in [1.82, 2.24) is 15.2 Å². The second-order valence-electron chi connectivity index (χ2n) is 6.83. The van der Waals surface area contributed by atoms with Crippen molar-refractivity contribution in [2.24, 2.45) is 5.10 Å². The van der Waals surface area contributed by atoms with Crippen LogP contribution in [0.4, 0.5) is 0 Å². The third-order valence-corrected chi connectivity index (χ3v) is 5.10. The number of benzene rings is 2. The Labute approximate surface area is 190 Å². The third-order valence-electron chi connectivity index (χ3n) is 4.37. The van der Waals surface area contributed by atoms with Gasteiger partial charge in [-0.15, -0.1) is 0 Å². The summed E-state index contributed by atoms with van der Waals surface area (Å²) in [7, 11) is 1.55. The summed E-state index contributed by atoms with van der Waals surface area (Å²) in [6.07, 6.45) is 1.53. The minimum Gasteiger partial charge on any atom is -0.493 e. The second-order valence-corrected chi connectivity index (χ2v) is 7.64. The van der Waals surface area contributed by atoms with Crippen molar-refractivity contribution in [3.05, 3.63) is 75.0 Å². The number of nitrogens with one attached hydrogen (secondary N) is 1. The molecule has 0 saturated carbocycles. The first-order valence-electron chi connectivity index (χ1n) is 9.43. The van der Waals surface area contributed by atoms with E-state index in [1.54, 1.807) is 36.1 Å². The van der Waals surface area contributed by atoms with E-state index in [1.165, 1.54) is 6.21 Å². The Kier molecular flexibility index (Phi) is 7.55. The lowest BCUT2D eigenvalue weighted by atomic mass is 10.2. The Bertz CT molecular complexity index is 1110. The van der Waals surface area contributed by atoms with Crippen LogP contribution in [0.15, 0.2) is 47.6 Å². The minimum atomic E-state index is -0.268. The van der Waals surface area contributed by atoms with Gasteiger partial charge in [-0.2, -0.15) is 10.2 Å². The lowest BCUT2D eigenvalue weighted by molar-refractivity contribution is -0.121. The highest BCUT2D eigenvalue weighted by Crippen LogP contribution is 2.29. The molecule has 0 aliphatic heterocycles. The highest BCUT2D eigenvalue weighted by Gasteiger charge is 2.08. The molecule has 1 aromatic heterocycles. The largest absolute Gasteiger partial charge is 0.493 e. The van der Waals surface area contributed by atoms with Gasteiger partial charge in [-0.1, -0.05) is 29.3 Å². The van der Waals surface area contributed by atoms with Gasteiger partial charge in [0.25, 0.3) is 5.91 Å². The molecule has 162 valence electrons. The summed E-state index contributed by atoms with van der Waals surface area (Å²) in [6, 6.07) is 12.6. The van der Waals surface area contributed by atoms with Gasteiger partial charge in [-0.3, -0.25) is 9.48 Å². The van der Waals surface area contributed by atoms with E-state index in [2.05, 4.69) is 15.6 Å². The molecule has 0 radical (unpaired) electrons. The number of halogens is 2.